The van der Waals surface area contributed by atoms with Crippen molar-refractivity contribution in [2.75, 3.05) is 26.2 Å². The van der Waals surface area contributed by atoms with Crippen LogP contribution in [0.1, 0.15) is 37.3 Å². The Kier molecular flexibility index (Phi) is 6.09. The number of halogens is 2. The number of rotatable bonds is 7. The molecule has 1 fully saturated rings. The van der Waals surface area contributed by atoms with Gasteiger partial charge in [-0.3, -0.25) is 5.32 Å². The monoisotopic (exact) mass is 293 g/mol. The lowest BCUT2D eigenvalue weighted by molar-refractivity contribution is 0.328. The number of unbranched alkanes of at least 4 members (excludes halogenated alkanes) is 1. The Labute approximate surface area is 124 Å². The number of hydrogen-bond acceptors (Lipinski definition) is 3. The minimum Gasteiger partial charge on any atom is -0.303 e. The van der Waals surface area contributed by atoms with Crippen molar-refractivity contribution in [3.8, 4) is 6.07 Å². The minimum absolute atomic E-state index is 0.468. The van der Waals surface area contributed by atoms with E-state index in [1.165, 1.54) is 32.0 Å². The van der Waals surface area contributed by atoms with Crippen molar-refractivity contribution in [2.45, 2.75) is 31.7 Å². The van der Waals surface area contributed by atoms with Crippen LogP contribution in [0.3, 0.4) is 0 Å². The Balaban J connectivity index is 1.72. The van der Waals surface area contributed by atoms with Crippen LogP contribution in [0, 0.1) is 23.0 Å². The summed E-state index contributed by atoms with van der Waals surface area (Å²) in [6.07, 6.45) is 4.65. The van der Waals surface area contributed by atoms with Gasteiger partial charge in [0.05, 0.1) is 6.07 Å². The molecule has 0 radical (unpaired) electrons. The van der Waals surface area contributed by atoms with Gasteiger partial charge in [0.15, 0.2) is 11.6 Å². The van der Waals surface area contributed by atoms with E-state index >= 15 is 0 Å². The van der Waals surface area contributed by atoms with Crippen LogP contribution in [0.5, 0.6) is 0 Å². The highest BCUT2D eigenvalue weighted by Gasteiger charge is 2.13. The normalized spacial score (nSPS) is 16.8. The molecule has 1 heterocycles. The third-order valence-electron chi connectivity index (χ3n) is 3.85. The molecule has 0 aliphatic carbocycles. The van der Waals surface area contributed by atoms with Crippen molar-refractivity contribution in [1.29, 1.82) is 5.26 Å². The number of nitrogens with zero attached hydrogens (tertiary/aromatic N) is 2. The van der Waals surface area contributed by atoms with Gasteiger partial charge in [-0.05, 0) is 69.6 Å². The first-order valence-electron chi connectivity index (χ1n) is 7.51. The van der Waals surface area contributed by atoms with E-state index in [2.05, 4.69) is 16.3 Å². The van der Waals surface area contributed by atoms with E-state index in [-0.39, 0.29) is 0 Å². The highest BCUT2D eigenvalue weighted by molar-refractivity contribution is 5.25. The molecular weight excluding hydrogens is 272 g/mol. The molecule has 0 amide bonds. The Hall–Kier alpha value is -1.51. The van der Waals surface area contributed by atoms with E-state index < -0.39 is 17.7 Å². The summed E-state index contributed by atoms with van der Waals surface area (Å²) in [5.41, 5.74) is 0.468. The minimum atomic E-state index is -0.913. The second kappa shape index (κ2) is 8.06. The molecule has 0 saturated carbocycles. The molecule has 1 unspecified atom stereocenters. The predicted molar refractivity (Wildman–Crippen MR) is 77.6 cm³/mol. The average molecular weight is 293 g/mol. The molecule has 1 aliphatic heterocycles. The zero-order valence-electron chi connectivity index (χ0n) is 12.1. The van der Waals surface area contributed by atoms with Crippen molar-refractivity contribution in [3.63, 3.8) is 0 Å². The van der Waals surface area contributed by atoms with Crippen LogP contribution in [0.15, 0.2) is 18.2 Å². The molecular formula is C16H21F2N3. The van der Waals surface area contributed by atoms with Crippen LogP contribution in [0.2, 0.25) is 0 Å². The molecule has 21 heavy (non-hydrogen) atoms. The number of nitrogens with one attached hydrogen (secondary N) is 1. The first-order valence-corrected chi connectivity index (χ1v) is 7.51. The van der Waals surface area contributed by atoms with Crippen LogP contribution in [0.4, 0.5) is 8.78 Å². The molecule has 0 aromatic heterocycles. The first-order chi connectivity index (χ1) is 10.2. The van der Waals surface area contributed by atoms with E-state index in [0.717, 1.165) is 31.5 Å². The largest absolute Gasteiger partial charge is 0.303 e. The molecule has 1 aromatic rings. The van der Waals surface area contributed by atoms with E-state index in [1.807, 2.05) is 0 Å². The third kappa shape index (κ3) is 4.76. The second-order valence-corrected chi connectivity index (χ2v) is 5.45. The van der Waals surface area contributed by atoms with Crippen molar-refractivity contribution in [2.24, 2.45) is 0 Å². The molecule has 114 valence electrons. The van der Waals surface area contributed by atoms with Gasteiger partial charge in [-0.2, -0.15) is 5.26 Å². The SMILES string of the molecule is N#CC(NCCCCN1CCCC1)c1ccc(F)c(F)c1. The molecule has 1 aliphatic rings. The third-order valence-corrected chi connectivity index (χ3v) is 3.85. The van der Waals surface area contributed by atoms with Crippen molar-refractivity contribution in [1.82, 2.24) is 10.2 Å². The summed E-state index contributed by atoms with van der Waals surface area (Å²) in [5, 5.41) is 12.2. The zero-order chi connectivity index (χ0) is 15.1. The predicted octanol–water partition coefficient (Wildman–Crippen LogP) is 3.00. The average Bonchev–Trinajstić information content (AvgIpc) is 2.99. The van der Waals surface area contributed by atoms with E-state index in [9.17, 15) is 8.78 Å². The molecule has 3 nitrogen and oxygen atoms in total. The van der Waals surface area contributed by atoms with Gasteiger partial charge in [0.1, 0.15) is 6.04 Å². The number of nitriles is 1. The lowest BCUT2D eigenvalue weighted by Gasteiger charge is -2.15. The molecule has 1 aromatic carbocycles. The Morgan fingerprint density at radius 3 is 2.62 bits per heavy atom. The lowest BCUT2D eigenvalue weighted by atomic mass is 10.1. The van der Waals surface area contributed by atoms with Gasteiger partial charge >= 0.3 is 0 Å². The van der Waals surface area contributed by atoms with Gasteiger partial charge in [0.25, 0.3) is 0 Å². The molecule has 2 rings (SSSR count). The summed E-state index contributed by atoms with van der Waals surface area (Å²) < 4.78 is 26.1. The molecule has 0 bridgehead atoms. The van der Waals surface area contributed by atoms with Gasteiger partial charge in [-0.15, -0.1) is 0 Å². The molecule has 1 N–H and O–H groups in total. The van der Waals surface area contributed by atoms with Gasteiger partial charge < -0.3 is 4.90 Å². The van der Waals surface area contributed by atoms with E-state index in [4.69, 9.17) is 5.26 Å². The molecule has 1 saturated heterocycles. The summed E-state index contributed by atoms with van der Waals surface area (Å²) in [6.45, 7) is 4.20. The van der Waals surface area contributed by atoms with Crippen LogP contribution in [-0.2, 0) is 0 Å². The quantitative estimate of drug-likeness (QED) is 0.786. The summed E-state index contributed by atoms with van der Waals surface area (Å²) in [6, 6.07) is 5.09. The fraction of sp³-hybridized carbons (Fsp3) is 0.562. The fourth-order valence-corrected chi connectivity index (χ4v) is 2.64. The summed E-state index contributed by atoms with van der Waals surface area (Å²) >= 11 is 0. The Morgan fingerprint density at radius 1 is 1.19 bits per heavy atom. The van der Waals surface area contributed by atoms with Crippen molar-refractivity contribution in [3.05, 3.63) is 35.4 Å². The van der Waals surface area contributed by atoms with Crippen LogP contribution >= 0.6 is 0 Å². The highest BCUT2D eigenvalue weighted by Crippen LogP contribution is 2.16. The fourth-order valence-electron chi connectivity index (χ4n) is 2.64. The standard InChI is InChI=1S/C16H21F2N3/c17-14-6-5-13(11-15(14)18)16(12-19)20-7-1-2-8-21-9-3-4-10-21/h5-6,11,16,20H,1-4,7-10H2. The van der Waals surface area contributed by atoms with E-state index in [1.54, 1.807) is 0 Å². The summed E-state index contributed by atoms with van der Waals surface area (Å²) in [7, 11) is 0. The second-order valence-electron chi connectivity index (χ2n) is 5.45. The highest BCUT2D eigenvalue weighted by atomic mass is 19.2. The van der Waals surface area contributed by atoms with E-state index in [0.29, 0.717) is 12.1 Å². The Morgan fingerprint density at radius 2 is 1.95 bits per heavy atom. The maximum Gasteiger partial charge on any atom is 0.159 e. The molecule has 1 atom stereocenters. The number of likely N-dealkylation sites (tertiary alicyclic amines) is 1. The smallest absolute Gasteiger partial charge is 0.159 e. The van der Waals surface area contributed by atoms with Gasteiger partial charge in [-0.25, -0.2) is 8.78 Å². The van der Waals surface area contributed by atoms with Crippen molar-refractivity contribution < 1.29 is 8.78 Å². The number of benzene rings is 1. The zero-order valence-corrected chi connectivity index (χ0v) is 12.1. The van der Waals surface area contributed by atoms with Gasteiger partial charge in [0, 0.05) is 0 Å². The topological polar surface area (TPSA) is 39.1 Å². The van der Waals surface area contributed by atoms with Gasteiger partial charge in [-0.1, -0.05) is 6.07 Å². The lowest BCUT2D eigenvalue weighted by Crippen LogP contribution is -2.24. The van der Waals surface area contributed by atoms with Crippen LogP contribution in [0.25, 0.3) is 0 Å². The summed E-state index contributed by atoms with van der Waals surface area (Å²) in [4.78, 5) is 2.46. The van der Waals surface area contributed by atoms with Crippen LogP contribution in [-0.4, -0.2) is 31.1 Å². The molecule has 5 heteroatoms. The Bertz CT molecular complexity index is 493. The van der Waals surface area contributed by atoms with Crippen LogP contribution < -0.4 is 5.32 Å². The van der Waals surface area contributed by atoms with Crippen molar-refractivity contribution >= 4 is 0 Å². The molecule has 0 spiro atoms. The maximum atomic E-state index is 13.2. The number of hydrogen-bond donors (Lipinski definition) is 1. The first kappa shape index (κ1) is 15.9. The summed E-state index contributed by atoms with van der Waals surface area (Å²) in [5.74, 6) is -1.80. The van der Waals surface area contributed by atoms with Gasteiger partial charge in [0.2, 0.25) is 0 Å². The maximum absolute atomic E-state index is 13.2.